The average Bonchev–Trinajstić information content (AvgIpc) is 2.52. The maximum atomic E-state index is 10.5. The highest BCUT2D eigenvalue weighted by atomic mass is 16.5. The van der Waals surface area contributed by atoms with Crippen LogP contribution in [-0.4, -0.2) is 28.8 Å². The maximum Gasteiger partial charge on any atom is 0.341 e. The summed E-state index contributed by atoms with van der Waals surface area (Å²) in [6, 6.07) is 14.5. The number of carboxylic acid groups (broad SMARTS) is 2. The summed E-state index contributed by atoms with van der Waals surface area (Å²) >= 11 is 0. The maximum absolute atomic E-state index is 10.5. The molecule has 0 atom stereocenters. The molecule has 112 valence electrons. The first-order valence-electron chi connectivity index (χ1n) is 6.51. The molecule has 2 aromatic carbocycles. The van der Waals surface area contributed by atoms with Gasteiger partial charge in [-0.1, -0.05) is 36.4 Å². The molecule has 0 heterocycles. The first kappa shape index (κ1) is 15.3. The van der Waals surface area contributed by atoms with Gasteiger partial charge in [-0.3, -0.25) is 0 Å². The molecule has 2 N–H and O–H groups in total. The number of carbonyl (C=O) groups is 2. The number of hydrogen-bond acceptors (Lipinski definition) is 3. The molecule has 5 heteroatoms. The highest BCUT2D eigenvalue weighted by Gasteiger charge is 2.01. The molecule has 0 aliphatic carbocycles. The van der Waals surface area contributed by atoms with Gasteiger partial charge in [0.25, 0.3) is 0 Å². The summed E-state index contributed by atoms with van der Waals surface area (Å²) in [5.74, 6) is -1.51. The number of carboxylic acids is 2. The van der Waals surface area contributed by atoms with E-state index in [1.54, 1.807) is 12.1 Å². The van der Waals surface area contributed by atoms with Crippen molar-refractivity contribution >= 4 is 18.0 Å². The van der Waals surface area contributed by atoms with E-state index in [4.69, 9.17) is 14.9 Å². The summed E-state index contributed by atoms with van der Waals surface area (Å²) in [6.07, 6.45) is 2.61. The van der Waals surface area contributed by atoms with Gasteiger partial charge in [-0.05, 0) is 34.9 Å². The average molecular weight is 298 g/mol. The van der Waals surface area contributed by atoms with E-state index in [9.17, 15) is 9.59 Å². The Balaban J connectivity index is 2.08. The summed E-state index contributed by atoms with van der Waals surface area (Å²) in [6.45, 7) is -0.371. The van der Waals surface area contributed by atoms with Crippen LogP contribution in [0.2, 0.25) is 0 Å². The molecule has 0 aliphatic heterocycles. The lowest BCUT2D eigenvalue weighted by atomic mass is 10.0. The molecule has 2 aromatic rings. The molecule has 0 saturated heterocycles. The van der Waals surface area contributed by atoms with Crippen molar-refractivity contribution in [3.8, 4) is 16.9 Å². The van der Waals surface area contributed by atoms with Gasteiger partial charge in [0.2, 0.25) is 0 Å². The Labute approximate surface area is 127 Å². The van der Waals surface area contributed by atoms with Gasteiger partial charge in [0.1, 0.15) is 5.75 Å². The molecule has 0 spiro atoms. The van der Waals surface area contributed by atoms with E-state index in [2.05, 4.69) is 0 Å². The van der Waals surface area contributed by atoms with Crippen LogP contribution < -0.4 is 4.74 Å². The summed E-state index contributed by atoms with van der Waals surface area (Å²) in [7, 11) is 0. The molecule has 0 aromatic heterocycles. The standard InChI is InChI=1S/C17H14O5/c18-16(19)10-3-12-1-4-13(5-2-12)14-6-8-15(9-7-14)22-11-17(20)21/h1-10H,11H2,(H,18,19)(H,20,21). The Morgan fingerprint density at radius 2 is 1.45 bits per heavy atom. The number of benzene rings is 2. The second-order valence-corrected chi connectivity index (χ2v) is 4.50. The summed E-state index contributed by atoms with van der Waals surface area (Å²) in [4.78, 5) is 20.9. The predicted molar refractivity (Wildman–Crippen MR) is 81.7 cm³/mol. The molecule has 0 aliphatic rings. The van der Waals surface area contributed by atoms with E-state index in [1.165, 1.54) is 6.08 Å². The van der Waals surface area contributed by atoms with Crippen LogP contribution in [0.25, 0.3) is 17.2 Å². The second kappa shape index (κ2) is 7.08. The fourth-order valence-corrected chi connectivity index (χ4v) is 1.84. The van der Waals surface area contributed by atoms with Crippen LogP contribution in [0.1, 0.15) is 5.56 Å². The van der Waals surface area contributed by atoms with Crippen molar-refractivity contribution < 1.29 is 24.5 Å². The minimum atomic E-state index is -1.02. The van der Waals surface area contributed by atoms with Crippen LogP contribution in [0.4, 0.5) is 0 Å². The van der Waals surface area contributed by atoms with Crippen LogP contribution in [0.5, 0.6) is 5.75 Å². The highest BCUT2D eigenvalue weighted by molar-refractivity contribution is 5.85. The second-order valence-electron chi connectivity index (χ2n) is 4.50. The number of hydrogen-bond donors (Lipinski definition) is 2. The zero-order chi connectivity index (χ0) is 15.9. The Kier molecular flexibility index (Phi) is 4.93. The summed E-state index contributed by atoms with van der Waals surface area (Å²) in [5.41, 5.74) is 2.72. The van der Waals surface area contributed by atoms with E-state index in [0.717, 1.165) is 22.8 Å². The molecule has 0 saturated carbocycles. The van der Waals surface area contributed by atoms with Crippen molar-refractivity contribution in [1.82, 2.24) is 0 Å². The lowest BCUT2D eigenvalue weighted by Crippen LogP contribution is -2.09. The third-order valence-electron chi connectivity index (χ3n) is 2.88. The fraction of sp³-hybridized carbons (Fsp3) is 0.0588. The van der Waals surface area contributed by atoms with Crippen molar-refractivity contribution in [3.05, 3.63) is 60.2 Å². The van der Waals surface area contributed by atoms with Crippen molar-refractivity contribution in [3.63, 3.8) is 0 Å². The van der Waals surface area contributed by atoms with Crippen LogP contribution in [0.15, 0.2) is 54.6 Å². The van der Waals surface area contributed by atoms with Crippen molar-refractivity contribution in [1.29, 1.82) is 0 Å². The van der Waals surface area contributed by atoms with Gasteiger partial charge in [-0.25, -0.2) is 9.59 Å². The SMILES string of the molecule is O=C(O)C=Cc1ccc(-c2ccc(OCC(=O)O)cc2)cc1. The van der Waals surface area contributed by atoms with E-state index in [0.29, 0.717) is 5.75 Å². The zero-order valence-electron chi connectivity index (χ0n) is 11.6. The molecular weight excluding hydrogens is 284 g/mol. The van der Waals surface area contributed by atoms with Gasteiger partial charge in [0.15, 0.2) is 6.61 Å². The van der Waals surface area contributed by atoms with Crippen LogP contribution in [0.3, 0.4) is 0 Å². The van der Waals surface area contributed by atoms with Gasteiger partial charge in [-0.2, -0.15) is 0 Å². The third-order valence-corrected chi connectivity index (χ3v) is 2.88. The Bertz CT molecular complexity index is 684. The summed E-state index contributed by atoms with van der Waals surface area (Å²) < 4.78 is 5.07. The van der Waals surface area contributed by atoms with Gasteiger partial charge in [0.05, 0.1) is 0 Å². The molecular formula is C17H14O5. The largest absolute Gasteiger partial charge is 0.482 e. The molecule has 22 heavy (non-hydrogen) atoms. The van der Waals surface area contributed by atoms with Crippen molar-refractivity contribution in [2.45, 2.75) is 0 Å². The Morgan fingerprint density at radius 1 is 0.909 bits per heavy atom. The predicted octanol–water partition coefficient (Wildman–Crippen LogP) is 2.91. The van der Waals surface area contributed by atoms with E-state index >= 15 is 0 Å². The molecule has 0 amide bonds. The topological polar surface area (TPSA) is 83.8 Å². The minimum Gasteiger partial charge on any atom is -0.482 e. The van der Waals surface area contributed by atoms with E-state index in [1.807, 2.05) is 36.4 Å². The minimum absolute atomic E-state index is 0.371. The lowest BCUT2D eigenvalue weighted by Gasteiger charge is -2.06. The van der Waals surface area contributed by atoms with Crippen LogP contribution >= 0.6 is 0 Å². The monoisotopic (exact) mass is 298 g/mol. The van der Waals surface area contributed by atoms with Crippen molar-refractivity contribution in [2.24, 2.45) is 0 Å². The number of ether oxygens (including phenoxy) is 1. The van der Waals surface area contributed by atoms with E-state index < -0.39 is 11.9 Å². The smallest absolute Gasteiger partial charge is 0.341 e. The van der Waals surface area contributed by atoms with Gasteiger partial charge < -0.3 is 14.9 Å². The Hall–Kier alpha value is -3.08. The molecule has 0 bridgehead atoms. The fourth-order valence-electron chi connectivity index (χ4n) is 1.84. The quantitative estimate of drug-likeness (QED) is 0.801. The Morgan fingerprint density at radius 3 is 1.95 bits per heavy atom. The molecule has 0 fully saturated rings. The summed E-state index contributed by atoms with van der Waals surface area (Å²) in [5, 5.41) is 17.1. The van der Waals surface area contributed by atoms with Crippen molar-refractivity contribution in [2.75, 3.05) is 6.61 Å². The molecule has 0 unspecified atom stereocenters. The van der Waals surface area contributed by atoms with E-state index in [-0.39, 0.29) is 6.61 Å². The van der Waals surface area contributed by atoms with Crippen LogP contribution in [-0.2, 0) is 9.59 Å². The number of aliphatic carboxylic acids is 2. The molecule has 5 nitrogen and oxygen atoms in total. The zero-order valence-corrected chi connectivity index (χ0v) is 11.6. The first-order chi connectivity index (χ1) is 10.5. The highest BCUT2D eigenvalue weighted by Crippen LogP contribution is 2.23. The van der Waals surface area contributed by atoms with Gasteiger partial charge in [-0.15, -0.1) is 0 Å². The van der Waals surface area contributed by atoms with Crippen LogP contribution in [0, 0.1) is 0 Å². The molecule has 2 rings (SSSR count). The lowest BCUT2D eigenvalue weighted by molar-refractivity contribution is -0.139. The first-order valence-corrected chi connectivity index (χ1v) is 6.51. The number of rotatable bonds is 6. The normalized spacial score (nSPS) is 10.5. The molecule has 0 radical (unpaired) electrons. The van der Waals surface area contributed by atoms with Gasteiger partial charge >= 0.3 is 11.9 Å². The third kappa shape index (κ3) is 4.49. The van der Waals surface area contributed by atoms with Gasteiger partial charge in [0, 0.05) is 6.08 Å².